The molecular weight excluding hydrogens is 684 g/mol. The summed E-state index contributed by atoms with van der Waals surface area (Å²) >= 11 is 0. The van der Waals surface area contributed by atoms with E-state index in [0.717, 1.165) is 38.5 Å². The fourth-order valence-electron chi connectivity index (χ4n) is 12.3. The minimum absolute atomic E-state index is 0.0117. The van der Waals surface area contributed by atoms with Gasteiger partial charge in [0.05, 0.1) is 38.1 Å². The first kappa shape index (κ1) is 41.9. The second kappa shape index (κ2) is 17.0. The largest absolute Gasteiger partial charge is 0.394 e. The van der Waals surface area contributed by atoms with E-state index in [9.17, 15) is 30.6 Å². The second-order valence-corrected chi connectivity index (χ2v) is 18.4. The first-order chi connectivity index (χ1) is 25.2. The lowest BCUT2D eigenvalue weighted by molar-refractivity contribution is -0.309. The summed E-state index contributed by atoms with van der Waals surface area (Å²) in [6.45, 7) is 11.4. The third-order valence-electron chi connectivity index (χ3n) is 15.3. The van der Waals surface area contributed by atoms with E-state index in [1.54, 1.807) is 0 Å². The van der Waals surface area contributed by atoms with Crippen molar-refractivity contribution in [2.75, 3.05) is 34.0 Å². The van der Waals surface area contributed by atoms with E-state index in [4.69, 9.17) is 28.4 Å². The molecule has 20 atom stereocenters. The number of allylic oxidation sites excluding steroid dienone is 2. The maximum absolute atomic E-state index is 11.7. The molecule has 4 aliphatic carbocycles. The van der Waals surface area contributed by atoms with Gasteiger partial charge in [-0.2, -0.15) is 0 Å². The molecular formula is C41H70O12. The van der Waals surface area contributed by atoms with E-state index in [2.05, 4.69) is 46.8 Å². The number of fused-ring (bicyclic) bond motifs is 5. The molecule has 12 nitrogen and oxygen atoms in total. The van der Waals surface area contributed by atoms with Crippen molar-refractivity contribution in [2.45, 2.75) is 154 Å². The number of aliphatic hydroxyl groups is 6. The average molecular weight is 755 g/mol. The van der Waals surface area contributed by atoms with Crippen molar-refractivity contribution in [2.24, 2.45) is 58.2 Å². The first-order valence-corrected chi connectivity index (χ1v) is 20.5. The molecule has 53 heavy (non-hydrogen) atoms. The van der Waals surface area contributed by atoms with Gasteiger partial charge in [0.1, 0.15) is 36.6 Å². The summed E-state index contributed by atoms with van der Waals surface area (Å²) in [5, 5.41) is 65.1. The van der Waals surface area contributed by atoms with Gasteiger partial charge in [0.15, 0.2) is 12.6 Å². The van der Waals surface area contributed by atoms with Gasteiger partial charge < -0.3 is 59.1 Å². The van der Waals surface area contributed by atoms with Gasteiger partial charge >= 0.3 is 0 Å². The van der Waals surface area contributed by atoms with Gasteiger partial charge in [-0.1, -0.05) is 46.8 Å². The third-order valence-corrected chi connectivity index (χ3v) is 15.3. The van der Waals surface area contributed by atoms with E-state index < -0.39 is 61.9 Å². The number of rotatable bonds is 13. The highest BCUT2D eigenvalue weighted by atomic mass is 16.8. The SMILES string of the molecule is CO[C@H]1[C@H](O[C@H]2[C@H](OCC[C@@H](/C=C/[C@@H](C)[C@H]3C[C@@H](O)[C@H]4[C@@H]5C[C@H](O)[C@H]6C[C@@H](O)CC[C@]6(C)[C@H]5CC[C@@]43C)C(C)C)O[C@@H](CO)[C@@H]2O)OC[C@@H](OC)[C@@H]1O. The summed E-state index contributed by atoms with van der Waals surface area (Å²) < 4.78 is 34.8. The number of aliphatic hydroxyl groups excluding tert-OH is 6. The van der Waals surface area contributed by atoms with Crippen molar-refractivity contribution in [3.8, 4) is 0 Å². The number of methoxy groups -OCH3 is 2. The van der Waals surface area contributed by atoms with Crippen molar-refractivity contribution in [1.82, 2.24) is 0 Å². The van der Waals surface area contributed by atoms with Crippen molar-refractivity contribution in [1.29, 1.82) is 0 Å². The Balaban J connectivity index is 1.07. The second-order valence-electron chi connectivity index (χ2n) is 18.4. The number of hydrogen-bond acceptors (Lipinski definition) is 12. The first-order valence-electron chi connectivity index (χ1n) is 20.5. The number of hydrogen-bond donors (Lipinski definition) is 6. The van der Waals surface area contributed by atoms with Gasteiger partial charge in [-0.15, -0.1) is 0 Å². The molecule has 2 heterocycles. The molecule has 0 aromatic heterocycles. The predicted octanol–water partition coefficient (Wildman–Crippen LogP) is 3.03. The van der Waals surface area contributed by atoms with Crippen LogP contribution in [-0.4, -0.2) is 132 Å². The topological polar surface area (TPSA) is 177 Å². The molecule has 0 radical (unpaired) electrons. The zero-order chi connectivity index (χ0) is 38.4. The van der Waals surface area contributed by atoms with Gasteiger partial charge in [0.2, 0.25) is 0 Å². The van der Waals surface area contributed by atoms with E-state index >= 15 is 0 Å². The Morgan fingerprint density at radius 3 is 2.23 bits per heavy atom. The van der Waals surface area contributed by atoms with Crippen LogP contribution in [0, 0.1) is 58.2 Å². The van der Waals surface area contributed by atoms with Crippen molar-refractivity contribution in [3.05, 3.63) is 12.2 Å². The lowest BCUT2D eigenvalue weighted by atomic mass is 9.43. The molecule has 306 valence electrons. The Morgan fingerprint density at radius 1 is 0.811 bits per heavy atom. The van der Waals surface area contributed by atoms with Crippen LogP contribution < -0.4 is 0 Å². The standard InChI is InChI=1S/C41H70O12/c1-21(2)23(12-15-50-39-37(34(46)31(19-42)52-39)53-38-36(49-7)35(47)32(48-6)20-51-38)9-8-22(3)27-18-30(45)33-25-17-29(44)28-16-24(43)10-13-40(28,4)26(25)11-14-41(27,33)5/h8-9,21-39,42-47H,10-20H2,1-7H3/b9-8+/t22-,23-,24+,25-,26+,27-,28-,29+,30-,31+,32-,33-,34+,35+,36-,37-,38+,39-,40-,41-/m1/s1. The molecule has 0 bridgehead atoms. The van der Waals surface area contributed by atoms with Gasteiger partial charge in [-0.25, -0.2) is 0 Å². The molecule has 6 fully saturated rings. The molecule has 6 N–H and O–H groups in total. The van der Waals surface area contributed by atoms with E-state index in [0.29, 0.717) is 43.1 Å². The molecule has 6 rings (SSSR count). The minimum Gasteiger partial charge on any atom is -0.394 e. The predicted molar refractivity (Wildman–Crippen MR) is 195 cm³/mol. The summed E-state index contributed by atoms with van der Waals surface area (Å²) in [6, 6.07) is 0. The van der Waals surface area contributed by atoms with E-state index in [1.165, 1.54) is 14.2 Å². The average Bonchev–Trinajstić information content (AvgIpc) is 3.57. The van der Waals surface area contributed by atoms with Crippen LogP contribution >= 0.6 is 0 Å². The highest BCUT2D eigenvalue weighted by Gasteiger charge is 2.64. The number of ether oxygens (including phenoxy) is 6. The Hall–Kier alpha value is -0.740. The van der Waals surface area contributed by atoms with Crippen LogP contribution in [0.1, 0.15) is 86.0 Å². The van der Waals surface area contributed by atoms with E-state index in [-0.39, 0.29) is 53.3 Å². The highest BCUT2D eigenvalue weighted by molar-refractivity contribution is 5.15. The quantitative estimate of drug-likeness (QED) is 0.152. The molecule has 0 aromatic rings. The van der Waals surface area contributed by atoms with Gasteiger partial charge in [-0.05, 0) is 110 Å². The maximum Gasteiger partial charge on any atom is 0.187 e. The molecule has 0 amide bonds. The summed E-state index contributed by atoms with van der Waals surface area (Å²) in [5.74, 6) is 2.20. The Morgan fingerprint density at radius 2 is 1.55 bits per heavy atom. The fraction of sp³-hybridized carbons (Fsp3) is 0.951. The van der Waals surface area contributed by atoms with E-state index in [1.807, 2.05) is 0 Å². The summed E-state index contributed by atoms with van der Waals surface area (Å²) in [7, 11) is 2.92. The van der Waals surface area contributed by atoms with Crippen LogP contribution in [0.3, 0.4) is 0 Å². The Kier molecular flexibility index (Phi) is 13.4. The van der Waals surface area contributed by atoms with Crippen LogP contribution in [0.4, 0.5) is 0 Å². The third kappa shape index (κ3) is 7.93. The lowest BCUT2D eigenvalue weighted by Gasteiger charge is -2.62. The summed E-state index contributed by atoms with van der Waals surface area (Å²) in [5.41, 5.74) is -0.00106. The van der Waals surface area contributed by atoms with Crippen molar-refractivity contribution < 1.29 is 59.1 Å². The maximum atomic E-state index is 11.7. The highest BCUT2D eigenvalue weighted by Crippen LogP contribution is 2.68. The van der Waals surface area contributed by atoms with Crippen LogP contribution in [0.25, 0.3) is 0 Å². The van der Waals surface area contributed by atoms with Gasteiger partial charge in [0.25, 0.3) is 0 Å². The molecule has 0 unspecified atom stereocenters. The zero-order valence-corrected chi connectivity index (χ0v) is 33.0. The smallest absolute Gasteiger partial charge is 0.187 e. The fourth-order valence-corrected chi connectivity index (χ4v) is 12.3. The molecule has 6 aliphatic rings. The van der Waals surface area contributed by atoms with Crippen LogP contribution in [-0.2, 0) is 28.4 Å². The minimum atomic E-state index is -1.18. The molecule has 2 aliphatic heterocycles. The van der Waals surface area contributed by atoms with Crippen LogP contribution in [0.5, 0.6) is 0 Å². The Labute approximate surface area is 316 Å². The van der Waals surface area contributed by atoms with Gasteiger partial charge in [0, 0.05) is 14.2 Å². The van der Waals surface area contributed by atoms with Crippen LogP contribution in [0.15, 0.2) is 12.2 Å². The Bertz CT molecular complexity index is 1220. The summed E-state index contributed by atoms with van der Waals surface area (Å²) in [6.07, 6.45) is 2.89. The van der Waals surface area contributed by atoms with Crippen molar-refractivity contribution in [3.63, 3.8) is 0 Å². The molecule has 0 spiro atoms. The molecule has 12 heteroatoms. The van der Waals surface area contributed by atoms with Crippen molar-refractivity contribution >= 4 is 0 Å². The van der Waals surface area contributed by atoms with Gasteiger partial charge in [-0.3, -0.25) is 0 Å². The monoisotopic (exact) mass is 754 g/mol. The normalized spacial score (nSPS) is 49.8. The molecule has 2 saturated heterocycles. The summed E-state index contributed by atoms with van der Waals surface area (Å²) in [4.78, 5) is 0. The molecule has 4 saturated carbocycles. The molecule has 0 aromatic carbocycles. The van der Waals surface area contributed by atoms with Crippen LogP contribution in [0.2, 0.25) is 0 Å². The lowest BCUT2D eigenvalue weighted by Crippen LogP contribution is -2.59. The zero-order valence-electron chi connectivity index (χ0n) is 33.0.